The molecular formula is C27H24N4O4S. The third-order valence-electron chi connectivity index (χ3n) is 5.13. The van der Waals surface area contributed by atoms with Crippen LogP contribution in [0.25, 0.3) is 16.9 Å². The van der Waals surface area contributed by atoms with E-state index in [-0.39, 0.29) is 17.6 Å². The monoisotopic (exact) mass is 500 g/mol. The second-order valence-electron chi connectivity index (χ2n) is 7.78. The van der Waals surface area contributed by atoms with Crippen molar-refractivity contribution in [3.63, 3.8) is 0 Å². The number of nitrogens with one attached hydrogen (secondary N) is 2. The van der Waals surface area contributed by atoms with Crippen molar-refractivity contribution in [1.29, 1.82) is 0 Å². The van der Waals surface area contributed by atoms with Gasteiger partial charge in [-0.25, -0.2) is 9.78 Å². The molecule has 2 N–H and O–H groups in total. The predicted octanol–water partition coefficient (Wildman–Crippen LogP) is 5.02. The lowest BCUT2D eigenvalue weighted by Crippen LogP contribution is -2.14. The maximum atomic E-state index is 12.6. The van der Waals surface area contributed by atoms with E-state index in [1.807, 2.05) is 65.4 Å². The number of imidazole rings is 1. The molecule has 0 bridgehead atoms. The summed E-state index contributed by atoms with van der Waals surface area (Å²) in [7, 11) is 1.32. The molecule has 36 heavy (non-hydrogen) atoms. The van der Waals surface area contributed by atoms with E-state index < -0.39 is 5.97 Å². The molecule has 0 aliphatic rings. The summed E-state index contributed by atoms with van der Waals surface area (Å²) in [4.78, 5) is 40.3. The zero-order valence-electron chi connectivity index (χ0n) is 19.7. The van der Waals surface area contributed by atoms with Gasteiger partial charge in [-0.15, -0.1) is 0 Å². The molecule has 2 amide bonds. The molecule has 0 saturated heterocycles. The van der Waals surface area contributed by atoms with E-state index in [0.29, 0.717) is 22.1 Å². The van der Waals surface area contributed by atoms with Gasteiger partial charge in [-0.2, -0.15) is 0 Å². The zero-order chi connectivity index (χ0) is 25.5. The summed E-state index contributed by atoms with van der Waals surface area (Å²) in [5.41, 5.74) is 4.27. The number of anilines is 2. The Bertz CT molecular complexity index is 1370. The molecule has 0 unspecified atom stereocenters. The number of nitrogens with zero attached hydrogens (tertiary/aromatic N) is 2. The molecule has 0 radical (unpaired) electrons. The van der Waals surface area contributed by atoms with Crippen molar-refractivity contribution >= 4 is 40.9 Å². The summed E-state index contributed by atoms with van der Waals surface area (Å²) in [6.45, 7) is 1.46. The molecule has 9 heteroatoms. The largest absolute Gasteiger partial charge is 0.465 e. The van der Waals surface area contributed by atoms with E-state index in [4.69, 9.17) is 9.72 Å². The van der Waals surface area contributed by atoms with Gasteiger partial charge in [0.25, 0.3) is 0 Å². The van der Waals surface area contributed by atoms with Crippen LogP contribution in [0.5, 0.6) is 0 Å². The molecule has 1 heterocycles. The van der Waals surface area contributed by atoms with Crippen molar-refractivity contribution in [2.45, 2.75) is 12.1 Å². The van der Waals surface area contributed by atoms with Crippen molar-refractivity contribution in [2.75, 3.05) is 23.5 Å². The number of thioether (sulfide) groups is 1. The molecule has 3 aromatic carbocycles. The highest BCUT2D eigenvalue weighted by atomic mass is 32.2. The highest BCUT2D eigenvalue weighted by Gasteiger charge is 2.14. The van der Waals surface area contributed by atoms with E-state index in [0.717, 1.165) is 16.9 Å². The van der Waals surface area contributed by atoms with Crippen LogP contribution in [0.3, 0.4) is 0 Å². The number of carbonyl (C=O) groups excluding carboxylic acids is 3. The highest BCUT2D eigenvalue weighted by molar-refractivity contribution is 7.99. The molecule has 4 rings (SSSR count). The topological polar surface area (TPSA) is 102 Å². The van der Waals surface area contributed by atoms with Crippen molar-refractivity contribution < 1.29 is 19.1 Å². The van der Waals surface area contributed by atoms with Gasteiger partial charge in [0.15, 0.2) is 5.16 Å². The van der Waals surface area contributed by atoms with E-state index >= 15 is 0 Å². The van der Waals surface area contributed by atoms with E-state index in [2.05, 4.69) is 10.6 Å². The lowest BCUT2D eigenvalue weighted by molar-refractivity contribution is -0.114. The summed E-state index contributed by atoms with van der Waals surface area (Å²) >= 11 is 1.31. The van der Waals surface area contributed by atoms with Gasteiger partial charge in [0, 0.05) is 35.7 Å². The summed E-state index contributed by atoms with van der Waals surface area (Å²) in [5, 5.41) is 6.24. The molecule has 0 fully saturated rings. The SMILES string of the molecule is COC(=O)c1ccc(NC(=O)CSc2nc(-c3ccccc3)cn2-c2ccc(NC(C)=O)cc2)cc1. The van der Waals surface area contributed by atoms with Gasteiger partial charge in [-0.3, -0.25) is 14.2 Å². The fourth-order valence-corrected chi connectivity index (χ4v) is 4.23. The van der Waals surface area contributed by atoms with E-state index in [9.17, 15) is 14.4 Å². The van der Waals surface area contributed by atoms with E-state index in [1.54, 1.807) is 24.3 Å². The Morgan fingerprint density at radius 2 is 1.53 bits per heavy atom. The minimum Gasteiger partial charge on any atom is -0.465 e. The minimum atomic E-state index is -0.436. The van der Waals surface area contributed by atoms with Crippen LogP contribution in [-0.4, -0.2) is 40.2 Å². The van der Waals surface area contributed by atoms with Crippen molar-refractivity contribution in [3.05, 3.63) is 90.6 Å². The van der Waals surface area contributed by atoms with Gasteiger partial charge in [-0.05, 0) is 48.5 Å². The highest BCUT2D eigenvalue weighted by Crippen LogP contribution is 2.28. The molecule has 0 saturated carbocycles. The van der Waals surface area contributed by atoms with Gasteiger partial charge >= 0.3 is 5.97 Å². The summed E-state index contributed by atoms with van der Waals surface area (Å²) in [5.74, 6) is -0.648. The first-order chi connectivity index (χ1) is 17.4. The van der Waals surface area contributed by atoms with Crippen molar-refractivity contribution in [1.82, 2.24) is 9.55 Å². The van der Waals surface area contributed by atoms with Crippen LogP contribution >= 0.6 is 11.8 Å². The molecule has 182 valence electrons. The number of esters is 1. The minimum absolute atomic E-state index is 0.133. The molecule has 0 atom stereocenters. The summed E-state index contributed by atoms with van der Waals surface area (Å²) < 4.78 is 6.61. The van der Waals surface area contributed by atoms with Crippen molar-refractivity contribution in [3.8, 4) is 16.9 Å². The average molecular weight is 501 g/mol. The lowest BCUT2D eigenvalue weighted by atomic mass is 10.2. The summed E-state index contributed by atoms with van der Waals surface area (Å²) in [6.07, 6.45) is 1.93. The standard InChI is InChI=1S/C27H24N4O4S/c1-18(32)28-21-12-14-23(15-13-21)31-16-24(19-6-4-3-5-7-19)30-27(31)36-17-25(33)29-22-10-8-20(9-11-22)26(34)35-2/h3-16H,17H2,1-2H3,(H,28,32)(H,29,33). The van der Waals surface area contributed by atoms with Crippen LogP contribution < -0.4 is 10.6 Å². The number of rotatable bonds is 8. The van der Waals surface area contributed by atoms with Gasteiger partial charge in [0.1, 0.15) is 0 Å². The van der Waals surface area contributed by atoms with Crippen LogP contribution in [0.4, 0.5) is 11.4 Å². The Labute approximate surface area is 212 Å². The number of hydrogen-bond donors (Lipinski definition) is 2. The number of hydrogen-bond acceptors (Lipinski definition) is 6. The number of amides is 2. The van der Waals surface area contributed by atoms with Crippen LogP contribution in [0.15, 0.2) is 90.2 Å². The Morgan fingerprint density at radius 3 is 2.17 bits per heavy atom. The molecule has 1 aromatic heterocycles. The number of benzene rings is 3. The van der Waals surface area contributed by atoms with Gasteiger partial charge < -0.3 is 15.4 Å². The van der Waals surface area contributed by atoms with Crippen LogP contribution in [0.1, 0.15) is 17.3 Å². The van der Waals surface area contributed by atoms with Gasteiger partial charge in [0.05, 0.1) is 24.1 Å². The molecular weight excluding hydrogens is 476 g/mol. The third kappa shape index (κ3) is 6.19. The van der Waals surface area contributed by atoms with Crippen LogP contribution in [0.2, 0.25) is 0 Å². The lowest BCUT2D eigenvalue weighted by Gasteiger charge is -2.09. The Hall–Kier alpha value is -4.37. The molecule has 4 aromatic rings. The molecule has 0 aliphatic carbocycles. The smallest absolute Gasteiger partial charge is 0.337 e. The zero-order valence-corrected chi connectivity index (χ0v) is 20.5. The van der Waals surface area contributed by atoms with Crippen LogP contribution in [0, 0.1) is 0 Å². The normalized spacial score (nSPS) is 10.5. The van der Waals surface area contributed by atoms with Gasteiger partial charge in [0.2, 0.25) is 11.8 Å². The Balaban J connectivity index is 1.51. The fourth-order valence-electron chi connectivity index (χ4n) is 3.44. The second-order valence-corrected chi connectivity index (χ2v) is 8.72. The second kappa shape index (κ2) is 11.4. The first kappa shape index (κ1) is 24.7. The first-order valence-electron chi connectivity index (χ1n) is 11.1. The van der Waals surface area contributed by atoms with E-state index in [1.165, 1.54) is 25.8 Å². The molecule has 8 nitrogen and oxygen atoms in total. The number of ether oxygens (including phenoxy) is 1. The van der Waals surface area contributed by atoms with Gasteiger partial charge in [-0.1, -0.05) is 42.1 Å². The Morgan fingerprint density at radius 1 is 0.889 bits per heavy atom. The average Bonchev–Trinajstić information content (AvgIpc) is 3.32. The fraction of sp³-hybridized carbons (Fsp3) is 0.111. The van der Waals surface area contributed by atoms with Crippen molar-refractivity contribution in [2.24, 2.45) is 0 Å². The quantitative estimate of drug-likeness (QED) is 0.260. The third-order valence-corrected chi connectivity index (χ3v) is 6.08. The molecule has 0 aliphatic heterocycles. The predicted molar refractivity (Wildman–Crippen MR) is 140 cm³/mol. The number of methoxy groups -OCH3 is 1. The van der Waals surface area contributed by atoms with Crippen LogP contribution in [-0.2, 0) is 14.3 Å². The maximum Gasteiger partial charge on any atom is 0.337 e. The Kier molecular flexibility index (Phi) is 7.82. The first-order valence-corrected chi connectivity index (χ1v) is 12.1. The number of carbonyl (C=O) groups is 3. The summed E-state index contributed by atoms with van der Waals surface area (Å²) in [6, 6.07) is 23.7. The molecule has 0 spiro atoms. The maximum absolute atomic E-state index is 12.6. The number of aromatic nitrogens is 2.